The third kappa shape index (κ3) is 4.05. The maximum Gasteiger partial charge on any atom is 0.133 e. The summed E-state index contributed by atoms with van der Waals surface area (Å²) in [6, 6.07) is 1.83. The summed E-state index contributed by atoms with van der Waals surface area (Å²) in [4.78, 5) is 8.74. The lowest BCUT2D eigenvalue weighted by Gasteiger charge is -2.21. The molecule has 2 rings (SSSR count). The summed E-state index contributed by atoms with van der Waals surface area (Å²) >= 11 is 2.06. The molecule has 1 aromatic rings. The van der Waals surface area contributed by atoms with E-state index < -0.39 is 0 Å². The van der Waals surface area contributed by atoms with Gasteiger partial charge in [-0.1, -0.05) is 6.92 Å². The number of anilines is 2. The zero-order chi connectivity index (χ0) is 12.8. The summed E-state index contributed by atoms with van der Waals surface area (Å²) in [5, 5.41) is 3.41. The van der Waals surface area contributed by atoms with Crippen LogP contribution in [-0.4, -0.2) is 28.0 Å². The molecule has 0 saturated carbocycles. The average Bonchev–Trinajstić information content (AvgIpc) is 2.37. The van der Waals surface area contributed by atoms with Crippen LogP contribution in [0, 0.1) is 5.92 Å². The smallest absolute Gasteiger partial charge is 0.133 e. The van der Waals surface area contributed by atoms with Crippen LogP contribution in [0.3, 0.4) is 0 Å². The van der Waals surface area contributed by atoms with Gasteiger partial charge in [0.15, 0.2) is 0 Å². The van der Waals surface area contributed by atoms with Gasteiger partial charge in [-0.15, -0.1) is 0 Å². The second-order valence-electron chi connectivity index (χ2n) is 4.78. The van der Waals surface area contributed by atoms with Gasteiger partial charge >= 0.3 is 0 Å². The van der Waals surface area contributed by atoms with Gasteiger partial charge in [0.25, 0.3) is 0 Å². The molecule has 0 aliphatic carbocycles. The van der Waals surface area contributed by atoms with Gasteiger partial charge in [-0.25, -0.2) is 9.97 Å². The third-order valence-corrected chi connectivity index (χ3v) is 4.23. The fourth-order valence-corrected chi connectivity index (χ4v) is 3.35. The van der Waals surface area contributed by atoms with Crippen LogP contribution in [-0.2, 0) is 6.42 Å². The van der Waals surface area contributed by atoms with E-state index in [1.54, 1.807) is 0 Å². The summed E-state index contributed by atoms with van der Waals surface area (Å²) in [7, 11) is 0. The molecule has 0 aromatic carbocycles. The largest absolute Gasteiger partial charge is 0.384 e. The molecular weight excluding hydrogens is 244 g/mol. The molecule has 4 nitrogen and oxygen atoms in total. The summed E-state index contributed by atoms with van der Waals surface area (Å²) in [6.07, 6.45) is 4.54. The number of nitrogens with two attached hydrogens (primary N) is 1. The standard InChI is InChI=1S/C13H22N4S/c1-2-3-12-16-11(14)8-13(17-12)15-9-10-4-6-18-7-5-10/h8,10H,2-7,9H2,1H3,(H3,14,15,16,17). The van der Waals surface area contributed by atoms with Crippen LogP contribution in [0.25, 0.3) is 0 Å². The number of aromatic nitrogens is 2. The lowest BCUT2D eigenvalue weighted by molar-refractivity contribution is 0.515. The highest BCUT2D eigenvalue weighted by atomic mass is 32.2. The van der Waals surface area contributed by atoms with E-state index in [1.807, 2.05) is 6.07 Å². The molecule has 0 unspecified atom stereocenters. The Labute approximate surface area is 113 Å². The van der Waals surface area contributed by atoms with Crippen LogP contribution in [0.1, 0.15) is 32.0 Å². The molecule has 1 aromatic heterocycles. The SMILES string of the molecule is CCCc1nc(N)cc(NCC2CCSCC2)n1. The minimum absolute atomic E-state index is 0.565. The molecule has 0 radical (unpaired) electrons. The molecule has 1 aliphatic rings. The number of nitrogens with zero attached hydrogens (tertiary/aromatic N) is 2. The van der Waals surface area contributed by atoms with E-state index in [-0.39, 0.29) is 0 Å². The van der Waals surface area contributed by atoms with Crippen molar-refractivity contribution in [3.8, 4) is 0 Å². The van der Waals surface area contributed by atoms with Gasteiger partial charge < -0.3 is 11.1 Å². The van der Waals surface area contributed by atoms with Gasteiger partial charge in [0, 0.05) is 19.0 Å². The van der Waals surface area contributed by atoms with E-state index in [2.05, 4.69) is 34.0 Å². The third-order valence-electron chi connectivity index (χ3n) is 3.18. The molecule has 18 heavy (non-hydrogen) atoms. The lowest BCUT2D eigenvalue weighted by atomic mass is 10.0. The Morgan fingerprint density at radius 2 is 2.17 bits per heavy atom. The quantitative estimate of drug-likeness (QED) is 0.857. The normalized spacial score (nSPS) is 16.7. The monoisotopic (exact) mass is 266 g/mol. The molecule has 3 N–H and O–H groups in total. The minimum atomic E-state index is 0.565. The van der Waals surface area contributed by atoms with Crippen LogP contribution >= 0.6 is 11.8 Å². The van der Waals surface area contributed by atoms with E-state index >= 15 is 0 Å². The first-order valence-corrected chi connectivity index (χ1v) is 7.88. The number of rotatable bonds is 5. The van der Waals surface area contributed by atoms with Crippen LogP contribution < -0.4 is 11.1 Å². The Kier molecular flexibility index (Phi) is 5.11. The van der Waals surface area contributed by atoms with Gasteiger partial charge in [-0.3, -0.25) is 0 Å². The Bertz CT molecular complexity index is 377. The van der Waals surface area contributed by atoms with Crippen LogP contribution in [0.4, 0.5) is 11.6 Å². The Hall–Kier alpha value is -0.970. The van der Waals surface area contributed by atoms with E-state index in [0.29, 0.717) is 5.82 Å². The molecule has 0 spiro atoms. The van der Waals surface area contributed by atoms with Gasteiger partial charge in [0.2, 0.25) is 0 Å². The fraction of sp³-hybridized carbons (Fsp3) is 0.692. The number of nitrogens with one attached hydrogen (secondary N) is 1. The van der Waals surface area contributed by atoms with Crippen molar-refractivity contribution in [3.05, 3.63) is 11.9 Å². The van der Waals surface area contributed by atoms with Crippen molar-refractivity contribution in [2.45, 2.75) is 32.6 Å². The highest BCUT2D eigenvalue weighted by Crippen LogP contribution is 2.23. The van der Waals surface area contributed by atoms with Crippen molar-refractivity contribution in [2.24, 2.45) is 5.92 Å². The van der Waals surface area contributed by atoms with E-state index in [9.17, 15) is 0 Å². The second-order valence-corrected chi connectivity index (χ2v) is 6.01. The maximum atomic E-state index is 5.80. The first-order chi connectivity index (χ1) is 8.78. The molecule has 100 valence electrons. The molecule has 2 heterocycles. The van der Waals surface area contributed by atoms with Crippen LogP contribution in [0.2, 0.25) is 0 Å². The topological polar surface area (TPSA) is 63.8 Å². The molecule has 0 atom stereocenters. The van der Waals surface area contributed by atoms with Gasteiger partial charge in [-0.2, -0.15) is 11.8 Å². The van der Waals surface area contributed by atoms with Gasteiger partial charge in [0.1, 0.15) is 17.5 Å². The van der Waals surface area contributed by atoms with Crippen molar-refractivity contribution >= 4 is 23.4 Å². The molecule has 0 bridgehead atoms. The lowest BCUT2D eigenvalue weighted by Crippen LogP contribution is -2.20. The number of thioether (sulfide) groups is 1. The molecule has 1 saturated heterocycles. The number of hydrogen-bond acceptors (Lipinski definition) is 5. The minimum Gasteiger partial charge on any atom is -0.384 e. The Morgan fingerprint density at radius 1 is 1.39 bits per heavy atom. The number of nitrogen functional groups attached to an aromatic ring is 1. The molecule has 0 amide bonds. The molecule has 1 aliphatic heterocycles. The summed E-state index contributed by atoms with van der Waals surface area (Å²) in [5.41, 5.74) is 5.80. The average molecular weight is 266 g/mol. The second kappa shape index (κ2) is 6.83. The van der Waals surface area contributed by atoms with Gasteiger partial charge in [-0.05, 0) is 36.7 Å². The fourth-order valence-electron chi connectivity index (χ4n) is 2.14. The maximum absolute atomic E-state index is 5.80. The zero-order valence-electron chi connectivity index (χ0n) is 11.0. The van der Waals surface area contributed by atoms with Gasteiger partial charge in [0.05, 0.1) is 0 Å². The first-order valence-electron chi connectivity index (χ1n) is 6.73. The van der Waals surface area contributed by atoms with Crippen LogP contribution in [0.15, 0.2) is 6.07 Å². The van der Waals surface area contributed by atoms with Crippen molar-refractivity contribution in [1.29, 1.82) is 0 Å². The van der Waals surface area contributed by atoms with Crippen molar-refractivity contribution in [2.75, 3.05) is 29.1 Å². The highest BCUT2D eigenvalue weighted by molar-refractivity contribution is 7.99. The zero-order valence-corrected chi connectivity index (χ0v) is 11.8. The molecular formula is C13H22N4S. The first kappa shape index (κ1) is 13.5. The van der Waals surface area contributed by atoms with Crippen molar-refractivity contribution in [1.82, 2.24) is 9.97 Å². The Balaban J connectivity index is 1.91. The predicted molar refractivity (Wildman–Crippen MR) is 79.0 cm³/mol. The highest BCUT2D eigenvalue weighted by Gasteiger charge is 2.13. The summed E-state index contributed by atoms with van der Waals surface area (Å²) in [5.74, 6) is 5.65. The molecule has 5 heteroatoms. The summed E-state index contributed by atoms with van der Waals surface area (Å²) < 4.78 is 0. The van der Waals surface area contributed by atoms with E-state index in [0.717, 1.165) is 36.9 Å². The van der Waals surface area contributed by atoms with E-state index in [1.165, 1.54) is 24.3 Å². The van der Waals surface area contributed by atoms with Crippen molar-refractivity contribution < 1.29 is 0 Å². The predicted octanol–water partition coefficient (Wildman–Crippen LogP) is 2.57. The number of aryl methyl sites for hydroxylation is 1. The van der Waals surface area contributed by atoms with E-state index in [4.69, 9.17) is 5.73 Å². The van der Waals surface area contributed by atoms with Crippen molar-refractivity contribution in [3.63, 3.8) is 0 Å². The van der Waals surface area contributed by atoms with Crippen LogP contribution in [0.5, 0.6) is 0 Å². The summed E-state index contributed by atoms with van der Waals surface area (Å²) in [6.45, 7) is 3.13. The Morgan fingerprint density at radius 3 is 2.89 bits per heavy atom. The number of hydrogen-bond donors (Lipinski definition) is 2. The molecule has 1 fully saturated rings.